The van der Waals surface area contributed by atoms with Gasteiger partial charge in [-0.1, -0.05) is 23.2 Å². The number of carbonyl (C=O) groups excluding carboxylic acids is 1. The van der Waals surface area contributed by atoms with E-state index in [2.05, 4.69) is 5.32 Å². The zero-order valence-electron chi connectivity index (χ0n) is 10.6. The van der Waals surface area contributed by atoms with Crippen LogP contribution in [0.1, 0.15) is 38.9 Å². The fourth-order valence-corrected chi connectivity index (χ4v) is 2.07. The van der Waals surface area contributed by atoms with Crippen molar-refractivity contribution in [1.29, 1.82) is 0 Å². The predicted molar refractivity (Wildman–Crippen MR) is 73.9 cm³/mol. The lowest BCUT2D eigenvalue weighted by Gasteiger charge is -2.21. The molecule has 0 fully saturated rings. The molecule has 0 aromatic heterocycles. The van der Waals surface area contributed by atoms with Gasteiger partial charge in [0.25, 0.3) is 0 Å². The van der Waals surface area contributed by atoms with E-state index in [9.17, 15) is 9.90 Å². The quantitative estimate of drug-likeness (QED) is 0.897. The van der Waals surface area contributed by atoms with Crippen LogP contribution in [-0.4, -0.2) is 16.6 Å². The van der Waals surface area contributed by atoms with E-state index in [0.717, 1.165) is 0 Å². The van der Waals surface area contributed by atoms with Crippen molar-refractivity contribution in [3.8, 4) is 0 Å². The Morgan fingerprint density at radius 2 is 1.78 bits per heavy atom. The molecule has 1 aromatic carbocycles. The van der Waals surface area contributed by atoms with Crippen molar-refractivity contribution in [3.63, 3.8) is 0 Å². The zero-order valence-corrected chi connectivity index (χ0v) is 12.1. The summed E-state index contributed by atoms with van der Waals surface area (Å²) in [6, 6.07) is 4.78. The highest BCUT2D eigenvalue weighted by atomic mass is 35.5. The van der Waals surface area contributed by atoms with E-state index in [1.54, 1.807) is 18.2 Å². The Morgan fingerprint density at radius 1 is 1.28 bits per heavy atom. The topological polar surface area (TPSA) is 49.3 Å². The van der Waals surface area contributed by atoms with Crippen LogP contribution in [0, 0.1) is 0 Å². The van der Waals surface area contributed by atoms with Crippen LogP contribution in [0.25, 0.3) is 0 Å². The third kappa shape index (κ3) is 5.25. The molecule has 1 atom stereocenters. The van der Waals surface area contributed by atoms with Crippen molar-refractivity contribution in [2.75, 3.05) is 0 Å². The number of hydrogen-bond donors (Lipinski definition) is 2. The Labute approximate surface area is 117 Å². The fraction of sp³-hybridized carbons (Fsp3) is 0.462. The number of halogens is 2. The highest BCUT2D eigenvalue weighted by Gasteiger charge is 2.18. The third-order valence-corrected chi connectivity index (χ3v) is 2.60. The van der Waals surface area contributed by atoms with Gasteiger partial charge in [0.2, 0.25) is 5.91 Å². The van der Waals surface area contributed by atoms with Crippen molar-refractivity contribution in [2.45, 2.75) is 38.8 Å². The van der Waals surface area contributed by atoms with E-state index in [1.165, 1.54) is 0 Å². The van der Waals surface area contributed by atoms with Gasteiger partial charge in [-0.15, -0.1) is 0 Å². The van der Waals surface area contributed by atoms with Gasteiger partial charge in [0.05, 0.1) is 12.5 Å². The van der Waals surface area contributed by atoms with Crippen LogP contribution in [0.5, 0.6) is 0 Å². The summed E-state index contributed by atoms with van der Waals surface area (Å²) in [6.45, 7) is 5.65. The van der Waals surface area contributed by atoms with Crippen LogP contribution < -0.4 is 5.32 Å². The first-order chi connectivity index (χ1) is 8.17. The largest absolute Gasteiger partial charge is 0.388 e. The summed E-state index contributed by atoms with van der Waals surface area (Å²) >= 11 is 11.7. The lowest BCUT2D eigenvalue weighted by Crippen LogP contribution is -2.41. The molecular formula is C13H17Cl2NO2. The number of hydrogen-bond acceptors (Lipinski definition) is 2. The first-order valence-corrected chi connectivity index (χ1v) is 6.38. The lowest BCUT2D eigenvalue weighted by atomic mass is 10.0. The summed E-state index contributed by atoms with van der Waals surface area (Å²) in [4.78, 5) is 11.7. The number of carbonyl (C=O) groups is 1. The van der Waals surface area contributed by atoms with Crippen molar-refractivity contribution in [3.05, 3.63) is 33.8 Å². The van der Waals surface area contributed by atoms with Crippen LogP contribution in [0.4, 0.5) is 0 Å². The number of amides is 1. The molecule has 1 amide bonds. The van der Waals surface area contributed by atoms with E-state index in [0.29, 0.717) is 15.6 Å². The number of rotatable bonds is 3. The van der Waals surface area contributed by atoms with Gasteiger partial charge in [-0.25, -0.2) is 0 Å². The van der Waals surface area contributed by atoms with Crippen LogP contribution >= 0.6 is 23.2 Å². The van der Waals surface area contributed by atoms with Gasteiger partial charge in [0.15, 0.2) is 0 Å². The predicted octanol–water partition coefficient (Wildman–Crippen LogP) is 3.33. The molecule has 0 spiro atoms. The molecule has 0 aliphatic heterocycles. The molecule has 2 N–H and O–H groups in total. The molecule has 1 unspecified atom stereocenters. The average molecular weight is 290 g/mol. The maximum atomic E-state index is 11.7. The number of aliphatic hydroxyl groups is 1. The van der Waals surface area contributed by atoms with Gasteiger partial charge < -0.3 is 10.4 Å². The molecule has 5 heteroatoms. The Bertz CT molecular complexity index is 421. The standard InChI is InChI=1S/C13H17Cl2NO2/c1-13(2,3)16-12(18)7-11(17)8-4-9(14)6-10(15)5-8/h4-6,11,17H,7H2,1-3H3,(H,16,18). The second kappa shape index (κ2) is 5.91. The number of aliphatic hydroxyl groups excluding tert-OH is 1. The molecule has 0 bridgehead atoms. The van der Waals surface area contributed by atoms with Crippen LogP contribution in [-0.2, 0) is 4.79 Å². The molecule has 3 nitrogen and oxygen atoms in total. The summed E-state index contributed by atoms with van der Waals surface area (Å²) in [5.41, 5.74) is 0.222. The van der Waals surface area contributed by atoms with Crippen molar-refractivity contribution >= 4 is 29.1 Å². The van der Waals surface area contributed by atoms with E-state index < -0.39 is 6.10 Å². The van der Waals surface area contributed by atoms with Gasteiger partial charge >= 0.3 is 0 Å². The molecule has 0 radical (unpaired) electrons. The SMILES string of the molecule is CC(C)(C)NC(=O)CC(O)c1cc(Cl)cc(Cl)c1. The smallest absolute Gasteiger partial charge is 0.223 e. The van der Waals surface area contributed by atoms with E-state index in [-0.39, 0.29) is 17.9 Å². The Kier molecular flexibility index (Phi) is 5.02. The summed E-state index contributed by atoms with van der Waals surface area (Å²) in [6.07, 6.45) is -0.933. The van der Waals surface area contributed by atoms with Gasteiger partial charge in [-0.2, -0.15) is 0 Å². The van der Waals surface area contributed by atoms with Crippen LogP contribution in [0.15, 0.2) is 18.2 Å². The summed E-state index contributed by atoms with van der Waals surface area (Å²) in [7, 11) is 0. The van der Waals surface area contributed by atoms with E-state index in [1.807, 2.05) is 20.8 Å². The van der Waals surface area contributed by atoms with Gasteiger partial charge in [-0.05, 0) is 44.5 Å². The molecular weight excluding hydrogens is 273 g/mol. The average Bonchev–Trinajstić information content (AvgIpc) is 2.12. The molecule has 0 aliphatic carbocycles. The first kappa shape index (κ1) is 15.3. The van der Waals surface area contributed by atoms with Gasteiger partial charge in [-0.3, -0.25) is 4.79 Å². The maximum absolute atomic E-state index is 11.7. The zero-order chi connectivity index (χ0) is 13.9. The second-order valence-corrected chi connectivity index (χ2v) is 6.09. The summed E-state index contributed by atoms with van der Waals surface area (Å²) in [5, 5.41) is 13.6. The molecule has 100 valence electrons. The molecule has 1 aromatic rings. The molecule has 0 saturated heterocycles. The third-order valence-electron chi connectivity index (χ3n) is 2.16. The van der Waals surface area contributed by atoms with Crippen molar-refractivity contribution in [2.24, 2.45) is 0 Å². The Hall–Kier alpha value is -0.770. The molecule has 1 rings (SSSR count). The molecule has 0 saturated carbocycles. The molecule has 0 heterocycles. The summed E-state index contributed by atoms with van der Waals surface area (Å²) < 4.78 is 0. The first-order valence-electron chi connectivity index (χ1n) is 5.62. The Balaban J connectivity index is 2.70. The summed E-state index contributed by atoms with van der Waals surface area (Å²) in [5.74, 6) is -0.217. The highest BCUT2D eigenvalue weighted by Crippen LogP contribution is 2.25. The van der Waals surface area contributed by atoms with Crippen LogP contribution in [0.2, 0.25) is 10.0 Å². The highest BCUT2D eigenvalue weighted by molar-refractivity contribution is 6.34. The van der Waals surface area contributed by atoms with E-state index in [4.69, 9.17) is 23.2 Å². The van der Waals surface area contributed by atoms with Gasteiger partial charge in [0.1, 0.15) is 0 Å². The van der Waals surface area contributed by atoms with Crippen molar-refractivity contribution < 1.29 is 9.90 Å². The maximum Gasteiger partial charge on any atom is 0.223 e. The molecule has 0 aliphatic rings. The lowest BCUT2D eigenvalue weighted by molar-refractivity contribution is -0.124. The monoisotopic (exact) mass is 289 g/mol. The van der Waals surface area contributed by atoms with Gasteiger partial charge in [0, 0.05) is 15.6 Å². The molecule has 18 heavy (non-hydrogen) atoms. The Morgan fingerprint density at radius 3 is 2.22 bits per heavy atom. The normalized spacial score (nSPS) is 13.2. The van der Waals surface area contributed by atoms with Crippen LogP contribution in [0.3, 0.4) is 0 Å². The number of benzene rings is 1. The number of nitrogens with one attached hydrogen (secondary N) is 1. The minimum atomic E-state index is -0.913. The van der Waals surface area contributed by atoms with Crippen molar-refractivity contribution in [1.82, 2.24) is 5.32 Å². The van der Waals surface area contributed by atoms with E-state index >= 15 is 0 Å². The minimum Gasteiger partial charge on any atom is -0.388 e. The minimum absolute atomic E-state index is 0.0199. The fourth-order valence-electron chi connectivity index (χ4n) is 1.53. The second-order valence-electron chi connectivity index (χ2n) is 5.22.